The van der Waals surface area contributed by atoms with Crippen LogP contribution in [0.5, 0.6) is 0 Å². The normalized spacial score (nSPS) is 10.3. The van der Waals surface area contributed by atoms with Gasteiger partial charge in [-0.05, 0) is 72.8 Å². The standard InChI is InChI=1S/C25H22N4O/c26-19-11-15-23(16-12-19)29(22-9-5-2-6-10-22)24-17-13-21(14-18-24)28-25(30)27-20-7-3-1-4-8-20/h1-18H,26H2,(H2,27,28,30). The molecule has 4 N–H and O–H groups in total. The second-order valence-corrected chi connectivity index (χ2v) is 6.75. The quantitative estimate of drug-likeness (QED) is 0.344. The minimum Gasteiger partial charge on any atom is -0.399 e. The van der Waals surface area contributed by atoms with Crippen molar-refractivity contribution in [1.29, 1.82) is 0 Å². The molecule has 2 amide bonds. The number of anilines is 6. The fourth-order valence-electron chi connectivity index (χ4n) is 3.16. The number of nitrogen functional groups attached to an aromatic ring is 1. The highest BCUT2D eigenvalue weighted by Gasteiger charge is 2.12. The van der Waals surface area contributed by atoms with Gasteiger partial charge >= 0.3 is 6.03 Å². The van der Waals surface area contributed by atoms with Crippen LogP contribution < -0.4 is 21.3 Å². The summed E-state index contributed by atoms with van der Waals surface area (Å²) in [6.07, 6.45) is 0. The van der Waals surface area contributed by atoms with E-state index in [0.29, 0.717) is 5.69 Å². The number of nitrogens with zero attached hydrogens (tertiary/aromatic N) is 1. The van der Waals surface area contributed by atoms with Gasteiger partial charge in [-0.2, -0.15) is 0 Å². The van der Waals surface area contributed by atoms with Gasteiger partial charge in [0, 0.05) is 34.1 Å². The molecule has 0 unspecified atom stereocenters. The van der Waals surface area contributed by atoms with Crippen LogP contribution in [0, 0.1) is 0 Å². The third-order valence-electron chi connectivity index (χ3n) is 4.58. The molecule has 0 bridgehead atoms. The first-order chi connectivity index (χ1) is 14.7. The van der Waals surface area contributed by atoms with E-state index in [0.717, 1.165) is 28.4 Å². The summed E-state index contributed by atoms with van der Waals surface area (Å²) in [5, 5.41) is 5.67. The van der Waals surface area contributed by atoms with Gasteiger partial charge < -0.3 is 21.3 Å². The predicted octanol–water partition coefficient (Wildman–Crippen LogP) is 6.38. The summed E-state index contributed by atoms with van der Waals surface area (Å²) in [6.45, 7) is 0. The molecule has 0 heterocycles. The Kier molecular flexibility index (Phi) is 5.62. The van der Waals surface area contributed by atoms with Gasteiger partial charge in [0.15, 0.2) is 0 Å². The first kappa shape index (κ1) is 19.1. The number of rotatable bonds is 5. The molecule has 148 valence electrons. The maximum Gasteiger partial charge on any atom is 0.323 e. The second kappa shape index (κ2) is 8.84. The van der Waals surface area contributed by atoms with Crippen molar-refractivity contribution in [2.75, 3.05) is 21.3 Å². The van der Waals surface area contributed by atoms with Crippen LogP contribution in [-0.2, 0) is 0 Å². The lowest BCUT2D eigenvalue weighted by atomic mass is 10.1. The van der Waals surface area contributed by atoms with Gasteiger partial charge in [0.1, 0.15) is 0 Å². The molecule has 0 aliphatic carbocycles. The van der Waals surface area contributed by atoms with Gasteiger partial charge in [0.2, 0.25) is 0 Å². The lowest BCUT2D eigenvalue weighted by Gasteiger charge is -2.25. The highest BCUT2D eigenvalue weighted by atomic mass is 16.2. The van der Waals surface area contributed by atoms with Crippen molar-refractivity contribution < 1.29 is 4.79 Å². The van der Waals surface area contributed by atoms with Gasteiger partial charge in [0.05, 0.1) is 0 Å². The lowest BCUT2D eigenvalue weighted by molar-refractivity contribution is 0.262. The Bertz CT molecular complexity index is 1100. The molecule has 4 aromatic carbocycles. The zero-order valence-corrected chi connectivity index (χ0v) is 16.3. The topological polar surface area (TPSA) is 70.4 Å². The Labute approximate surface area is 175 Å². The molecule has 0 aromatic heterocycles. The SMILES string of the molecule is Nc1ccc(N(c2ccccc2)c2ccc(NC(=O)Nc3ccccc3)cc2)cc1. The van der Waals surface area contributed by atoms with E-state index in [1.54, 1.807) is 0 Å². The molecule has 0 aliphatic rings. The average Bonchev–Trinajstić information content (AvgIpc) is 2.78. The molecule has 30 heavy (non-hydrogen) atoms. The van der Waals surface area contributed by atoms with E-state index >= 15 is 0 Å². The summed E-state index contributed by atoms with van der Waals surface area (Å²) in [5.41, 5.74) is 11.0. The summed E-state index contributed by atoms with van der Waals surface area (Å²) < 4.78 is 0. The average molecular weight is 394 g/mol. The third-order valence-corrected chi connectivity index (χ3v) is 4.58. The second-order valence-electron chi connectivity index (χ2n) is 6.75. The molecule has 0 aliphatic heterocycles. The fraction of sp³-hybridized carbons (Fsp3) is 0. The number of hydrogen-bond donors (Lipinski definition) is 3. The van der Waals surface area contributed by atoms with E-state index < -0.39 is 0 Å². The van der Waals surface area contributed by atoms with Crippen molar-refractivity contribution >= 4 is 40.2 Å². The molecule has 4 rings (SSSR count). The zero-order chi connectivity index (χ0) is 20.8. The Morgan fingerprint density at radius 2 is 1.00 bits per heavy atom. The number of hydrogen-bond acceptors (Lipinski definition) is 3. The van der Waals surface area contributed by atoms with Crippen LogP contribution in [0.1, 0.15) is 0 Å². The van der Waals surface area contributed by atoms with Crippen LogP contribution in [-0.4, -0.2) is 6.03 Å². The number of urea groups is 1. The molecule has 5 heteroatoms. The Hall–Kier alpha value is -4.25. The Balaban J connectivity index is 1.55. The van der Waals surface area contributed by atoms with Gasteiger partial charge in [0.25, 0.3) is 0 Å². The Morgan fingerprint density at radius 3 is 1.57 bits per heavy atom. The molecule has 0 fully saturated rings. The maximum atomic E-state index is 12.2. The largest absolute Gasteiger partial charge is 0.399 e. The summed E-state index contributed by atoms with van der Waals surface area (Å²) >= 11 is 0. The molecule has 5 nitrogen and oxygen atoms in total. The van der Waals surface area contributed by atoms with Gasteiger partial charge in [-0.25, -0.2) is 4.79 Å². The van der Waals surface area contributed by atoms with Crippen LogP contribution in [0.25, 0.3) is 0 Å². The Morgan fingerprint density at radius 1 is 0.567 bits per heavy atom. The first-order valence-corrected chi connectivity index (χ1v) is 9.63. The molecule has 0 atom stereocenters. The third kappa shape index (κ3) is 4.59. The van der Waals surface area contributed by atoms with Crippen molar-refractivity contribution in [1.82, 2.24) is 0 Å². The van der Waals surface area contributed by atoms with E-state index in [1.807, 2.05) is 97.1 Å². The fourth-order valence-corrected chi connectivity index (χ4v) is 3.16. The minimum atomic E-state index is -0.285. The maximum absolute atomic E-state index is 12.2. The van der Waals surface area contributed by atoms with Crippen LogP contribution in [0.15, 0.2) is 109 Å². The van der Waals surface area contributed by atoms with Crippen LogP contribution in [0.3, 0.4) is 0 Å². The summed E-state index contributed by atoms with van der Waals surface area (Å²) in [5.74, 6) is 0. The molecule has 4 aromatic rings. The number of carbonyl (C=O) groups excluding carboxylic acids is 1. The van der Waals surface area contributed by atoms with Crippen LogP contribution >= 0.6 is 0 Å². The zero-order valence-electron chi connectivity index (χ0n) is 16.3. The minimum absolute atomic E-state index is 0.285. The summed E-state index contributed by atoms with van der Waals surface area (Å²) in [4.78, 5) is 14.4. The van der Waals surface area contributed by atoms with E-state index in [1.165, 1.54) is 0 Å². The highest BCUT2D eigenvalue weighted by molar-refractivity contribution is 5.99. The van der Waals surface area contributed by atoms with Gasteiger partial charge in [-0.15, -0.1) is 0 Å². The van der Waals surface area contributed by atoms with Crippen molar-refractivity contribution in [2.45, 2.75) is 0 Å². The van der Waals surface area contributed by atoms with Crippen LogP contribution in [0.2, 0.25) is 0 Å². The van der Waals surface area contributed by atoms with Crippen molar-refractivity contribution in [3.63, 3.8) is 0 Å². The number of nitrogens with one attached hydrogen (secondary N) is 2. The molecule has 0 radical (unpaired) electrons. The van der Waals surface area contributed by atoms with Gasteiger partial charge in [-0.3, -0.25) is 0 Å². The number of carbonyl (C=O) groups is 1. The van der Waals surface area contributed by atoms with Crippen molar-refractivity contribution in [3.05, 3.63) is 109 Å². The monoisotopic (exact) mass is 394 g/mol. The number of para-hydroxylation sites is 2. The molecular formula is C25H22N4O. The summed E-state index contributed by atoms with van der Waals surface area (Å²) in [7, 11) is 0. The van der Waals surface area contributed by atoms with Crippen molar-refractivity contribution in [3.8, 4) is 0 Å². The van der Waals surface area contributed by atoms with E-state index in [9.17, 15) is 4.79 Å². The number of benzene rings is 4. The van der Waals surface area contributed by atoms with E-state index in [-0.39, 0.29) is 6.03 Å². The van der Waals surface area contributed by atoms with Crippen LogP contribution in [0.4, 0.5) is 38.9 Å². The number of amides is 2. The molecule has 0 saturated heterocycles. The first-order valence-electron chi connectivity index (χ1n) is 9.63. The smallest absolute Gasteiger partial charge is 0.323 e. The predicted molar refractivity (Wildman–Crippen MR) is 125 cm³/mol. The number of nitrogens with two attached hydrogens (primary N) is 1. The molecule has 0 saturated carbocycles. The molecular weight excluding hydrogens is 372 g/mol. The molecule has 0 spiro atoms. The lowest BCUT2D eigenvalue weighted by Crippen LogP contribution is -2.19. The van der Waals surface area contributed by atoms with E-state index in [4.69, 9.17) is 5.73 Å². The van der Waals surface area contributed by atoms with Crippen molar-refractivity contribution in [2.24, 2.45) is 0 Å². The van der Waals surface area contributed by atoms with E-state index in [2.05, 4.69) is 27.7 Å². The highest BCUT2D eigenvalue weighted by Crippen LogP contribution is 2.35. The van der Waals surface area contributed by atoms with Gasteiger partial charge in [-0.1, -0.05) is 36.4 Å². The summed E-state index contributed by atoms with van der Waals surface area (Å²) in [6, 6.07) is 34.6.